The molecule has 0 atom stereocenters. The number of imidazole rings is 1. The highest BCUT2D eigenvalue weighted by Gasteiger charge is 2.15. The van der Waals surface area contributed by atoms with E-state index in [-0.39, 0.29) is 0 Å². The van der Waals surface area contributed by atoms with Gasteiger partial charge in [0.25, 0.3) is 0 Å². The monoisotopic (exact) mass is 343 g/mol. The molecule has 0 aliphatic rings. The van der Waals surface area contributed by atoms with E-state index in [1.54, 1.807) is 0 Å². The molecule has 21 heavy (non-hydrogen) atoms. The molecule has 0 aliphatic carbocycles. The van der Waals surface area contributed by atoms with Crippen LogP contribution in [0.4, 0.5) is 5.82 Å². The zero-order chi connectivity index (χ0) is 15.1. The quantitative estimate of drug-likeness (QED) is 0.685. The van der Waals surface area contributed by atoms with Crippen LogP contribution in [0.3, 0.4) is 0 Å². The summed E-state index contributed by atoms with van der Waals surface area (Å²) in [5, 5.41) is 0. The number of anilines is 1. The first-order valence-electron chi connectivity index (χ1n) is 6.91. The van der Waals surface area contributed by atoms with E-state index in [0.717, 1.165) is 27.3 Å². The molecule has 108 valence electrons. The van der Waals surface area contributed by atoms with E-state index in [2.05, 4.69) is 75.5 Å². The summed E-state index contributed by atoms with van der Waals surface area (Å²) in [5.41, 5.74) is 4.79. The number of rotatable bonds is 2. The van der Waals surface area contributed by atoms with E-state index in [1.807, 2.05) is 14.1 Å². The molecular formula is C17H18BrN3. The fourth-order valence-electron chi connectivity index (χ4n) is 2.50. The van der Waals surface area contributed by atoms with Gasteiger partial charge in [0.05, 0.1) is 5.52 Å². The summed E-state index contributed by atoms with van der Waals surface area (Å²) < 4.78 is 3.06. The molecule has 0 N–H and O–H groups in total. The fourth-order valence-corrected chi connectivity index (χ4v) is 2.98. The van der Waals surface area contributed by atoms with Crippen molar-refractivity contribution in [1.29, 1.82) is 0 Å². The van der Waals surface area contributed by atoms with Crippen molar-refractivity contribution < 1.29 is 0 Å². The van der Waals surface area contributed by atoms with Gasteiger partial charge in [-0.2, -0.15) is 0 Å². The summed E-state index contributed by atoms with van der Waals surface area (Å²) in [7, 11) is 4.10. The average molecular weight is 344 g/mol. The molecule has 0 bridgehead atoms. The Labute approximate surface area is 133 Å². The van der Waals surface area contributed by atoms with Crippen LogP contribution in [0.2, 0.25) is 0 Å². The Balaban J connectivity index is 2.34. The molecular weight excluding hydrogens is 326 g/mol. The minimum Gasteiger partial charge on any atom is -0.364 e. The molecule has 4 heteroatoms. The first-order valence-corrected chi connectivity index (χ1v) is 7.70. The van der Waals surface area contributed by atoms with Crippen LogP contribution in [0, 0.1) is 13.8 Å². The Bertz CT molecular complexity index is 818. The summed E-state index contributed by atoms with van der Waals surface area (Å²) >= 11 is 3.58. The number of aromatic nitrogens is 2. The minimum atomic E-state index is 0.874. The van der Waals surface area contributed by atoms with Gasteiger partial charge in [-0.15, -0.1) is 0 Å². The number of halogens is 1. The van der Waals surface area contributed by atoms with Crippen molar-refractivity contribution in [2.24, 2.45) is 0 Å². The van der Waals surface area contributed by atoms with Crippen LogP contribution >= 0.6 is 15.9 Å². The first-order chi connectivity index (χ1) is 9.99. The summed E-state index contributed by atoms with van der Waals surface area (Å²) in [6.07, 6.45) is 0. The number of hydrogen-bond donors (Lipinski definition) is 0. The van der Waals surface area contributed by atoms with Gasteiger partial charge in [0.1, 0.15) is 16.2 Å². The SMILES string of the molecule is Cc1ccc(-c2nc(Br)c3cccc(N(C)C)n23)cc1C. The average Bonchev–Trinajstić information content (AvgIpc) is 2.79. The minimum absolute atomic E-state index is 0.874. The molecule has 1 aromatic carbocycles. The van der Waals surface area contributed by atoms with E-state index >= 15 is 0 Å². The Kier molecular flexibility index (Phi) is 3.49. The molecule has 3 nitrogen and oxygen atoms in total. The van der Waals surface area contributed by atoms with E-state index in [4.69, 9.17) is 4.98 Å². The summed E-state index contributed by atoms with van der Waals surface area (Å²) in [4.78, 5) is 6.83. The Morgan fingerprint density at radius 2 is 1.81 bits per heavy atom. The summed E-state index contributed by atoms with van der Waals surface area (Å²) in [6.45, 7) is 4.26. The van der Waals surface area contributed by atoms with E-state index < -0.39 is 0 Å². The predicted molar refractivity (Wildman–Crippen MR) is 92.1 cm³/mol. The maximum Gasteiger partial charge on any atom is 0.147 e. The zero-order valence-corrected chi connectivity index (χ0v) is 14.3. The lowest BCUT2D eigenvalue weighted by Crippen LogP contribution is -2.13. The largest absolute Gasteiger partial charge is 0.364 e. The van der Waals surface area contributed by atoms with Gasteiger partial charge in [0, 0.05) is 19.7 Å². The molecule has 2 heterocycles. The van der Waals surface area contributed by atoms with Gasteiger partial charge in [-0.05, 0) is 59.1 Å². The van der Waals surface area contributed by atoms with Crippen molar-refractivity contribution in [1.82, 2.24) is 9.38 Å². The lowest BCUT2D eigenvalue weighted by molar-refractivity contribution is 1.02. The van der Waals surface area contributed by atoms with Crippen molar-refractivity contribution in [3.63, 3.8) is 0 Å². The van der Waals surface area contributed by atoms with Crippen LogP contribution in [0.5, 0.6) is 0 Å². The number of fused-ring (bicyclic) bond motifs is 1. The number of pyridine rings is 1. The topological polar surface area (TPSA) is 20.5 Å². The maximum absolute atomic E-state index is 4.73. The van der Waals surface area contributed by atoms with E-state index in [0.29, 0.717) is 0 Å². The van der Waals surface area contributed by atoms with Gasteiger partial charge in [0.2, 0.25) is 0 Å². The molecule has 0 radical (unpaired) electrons. The third kappa shape index (κ3) is 2.33. The smallest absolute Gasteiger partial charge is 0.147 e. The highest BCUT2D eigenvalue weighted by molar-refractivity contribution is 9.10. The molecule has 3 rings (SSSR count). The van der Waals surface area contributed by atoms with Crippen LogP contribution in [0.25, 0.3) is 16.9 Å². The summed E-state index contributed by atoms with van der Waals surface area (Å²) in [5.74, 6) is 2.07. The van der Waals surface area contributed by atoms with E-state index in [9.17, 15) is 0 Å². The normalized spacial score (nSPS) is 11.1. The zero-order valence-electron chi connectivity index (χ0n) is 12.7. The lowest BCUT2D eigenvalue weighted by Gasteiger charge is -2.16. The molecule has 2 aromatic heterocycles. The number of hydrogen-bond acceptors (Lipinski definition) is 2. The Morgan fingerprint density at radius 1 is 1.05 bits per heavy atom. The predicted octanol–water partition coefficient (Wildman–Crippen LogP) is 4.45. The number of nitrogens with zero attached hydrogens (tertiary/aromatic N) is 3. The van der Waals surface area contributed by atoms with Crippen molar-refractivity contribution in [3.05, 3.63) is 52.1 Å². The van der Waals surface area contributed by atoms with Crippen LogP contribution in [-0.2, 0) is 0 Å². The van der Waals surface area contributed by atoms with Crippen LogP contribution < -0.4 is 4.90 Å². The van der Waals surface area contributed by atoms with Gasteiger partial charge < -0.3 is 4.90 Å². The van der Waals surface area contributed by atoms with Crippen molar-refractivity contribution >= 4 is 27.3 Å². The van der Waals surface area contributed by atoms with Crippen molar-refractivity contribution in [2.45, 2.75) is 13.8 Å². The molecule has 0 unspecified atom stereocenters. The second-order valence-electron chi connectivity index (χ2n) is 5.52. The highest BCUT2D eigenvalue weighted by atomic mass is 79.9. The molecule has 0 amide bonds. The Morgan fingerprint density at radius 3 is 2.48 bits per heavy atom. The second kappa shape index (κ2) is 5.19. The first kappa shape index (κ1) is 14.1. The molecule has 0 saturated carbocycles. The van der Waals surface area contributed by atoms with Crippen molar-refractivity contribution in [2.75, 3.05) is 19.0 Å². The van der Waals surface area contributed by atoms with Gasteiger partial charge >= 0.3 is 0 Å². The standard InChI is InChI=1S/C17H18BrN3/c1-11-8-9-13(10-12(11)2)17-19-16(18)14-6-5-7-15(20(3)4)21(14)17/h5-10H,1-4H3. The van der Waals surface area contributed by atoms with Crippen molar-refractivity contribution in [3.8, 4) is 11.4 Å². The third-order valence-corrected chi connectivity index (χ3v) is 4.40. The van der Waals surface area contributed by atoms with Crippen LogP contribution in [-0.4, -0.2) is 23.5 Å². The Hall–Kier alpha value is -1.81. The third-order valence-electron chi connectivity index (χ3n) is 3.82. The van der Waals surface area contributed by atoms with Gasteiger partial charge in [-0.25, -0.2) is 4.98 Å². The van der Waals surface area contributed by atoms with Crippen LogP contribution in [0.1, 0.15) is 11.1 Å². The number of aryl methyl sites for hydroxylation is 2. The van der Waals surface area contributed by atoms with Crippen LogP contribution in [0.15, 0.2) is 41.0 Å². The van der Waals surface area contributed by atoms with Gasteiger partial charge in [-0.3, -0.25) is 4.40 Å². The molecule has 0 saturated heterocycles. The highest BCUT2D eigenvalue weighted by Crippen LogP contribution is 2.30. The molecule has 0 fully saturated rings. The molecule has 3 aromatic rings. The second-order valence-corrected chi connectivity index (χ2v) is 6.28. The van der Waals surface area contributed by atoms with Gasteiger partial charge in [0.15, 0.2) is 0 Å². The van der Waals surface area contributed by atoms with Gasteiger partial charge in [-0.1, -0.05) is 18.2 Å². The van der Waals surface area contributed by atoms with E-state index in [1.165, 1.54) is 11.1 Å². The molecule has 0 aliphatic heterocycles. The summed E-state index contributed by atoms with van der Waals surface area (Å²) in [6, 6.07) is 12.7. The lowest BCUT2D eigenvalue weighted by atomic mass is 10.1. The maximum atomic E-state index is 4.73. The molecule has 0 spiro atoms. The number of benzene rings is 1. The fraction of sp³-hybridized carbons (Fsp3) is 0.235.